The summed E-state index contributed by atoms with van der Waals surface area (Å²) in [6, 6.07) is 0. The van der Waals surface area contributed by atoms with Crippen LogP contribution in [0.4, 0.5) is 0 Å². The van der Waals surface area contributed by atoms with Gasteiger partial charge in [0.15, 0.2) is 0 Å². The zero-order chi connectivity index (χ0) is 12.8. The Morgan fingerprint density at radius 3 is 2.18 bits per heavy atom. The van der Waals surface area contributed by atoms with Crippen LogP contribution in [0, 0.1) is 5.92 Å². The van der Waals surface area contributed by atoms with E-state index in [1.54, 1.807) is 0 Å². The van der Waals surface area contributed by atoms with Crippen molar-refractivity contribution in [3.63, 3.8) is 0 Å². The fraction of sp³-hybridized carbons (Fsp3) is 0.875. The summed E-state index contributed by atoms with van der Waals surface area (Å²) in [6.45, 7) is 10.1. The van der Waals surface area contributed by atoms with Gasteiger partial charge < -0.3 is 4.74 Å². The molecule has 0 aliphatic rings. The average molecular weight is 240 g/mol. The molecule has 1 nitrogen and oxygen atoms in total. The lowest BCUT2D eigenvalue weighted by Gasteiger charge is -2.12. The van der Waals surface area contributed by atoms with Crippen LogP contribution in [0.1, 0.15) is 71.6 Å². The Balaban J connectivity index is 3.28. The maximum Gasteiger partial charge on any atom is 0.0528 e. The summed E-state index contributed by atoms with van der Waals surface area (Å²) in [7, 11) is 0. The highest BCUT2D eigenvalue weighted by molar-refractivity contribution is 4.78. The lowest BCUT2D eigenvalue weighted by Crippen LogP contribution is -2.07. The zero-order valence-corrected chi connectivity index (χ0v) is 12.0. The molecule has 0 aliphatic carbocycles. The predicted molar refractivity (Wildman–Crippen MR) is 77.4 cm³/mol. The minimum absolute atomic E-state index is 0.567. The molecule has 0 radical (unpaired) electrons. The molecule has 0 N–H and O–H groups in total. The van der Waals surface area contributed by atoms with Gasteiger partial charge in [-0.05, 0) is 18.8 Å². The second-order valence-electron chi connectivity index (χ2n) is 4.98. The number of unbranched alkanes of at least 4 members (excludes halogenated alkanes) is 6. The third kappa shape index (κ3) is 12.0. The van der Waals surface area contributed by atoms with Gasteiger partial charge in [0.25, 0.3) is 0 Å². The Kier molecular flexibility index (Phi) is 13.5. The van der Waals surface area contributed by atoms with Gasteiger partial charge in [0.05, 0.1) is 6.61 Å². The molecule has 0 aromatic carbocycles. The van der Waals surface area contributed by atoms with E-state index in [1.807, 2.05) is 0 Å². The van der Waals surface area contributed by atoms with Gasteiger partial charge in [0.1, 0.15) is 0 Å². The first-order valence-corrected chi connectivity index (χ1v) is 7.55. The van der Waals surface area contributed by atoms with E-state index in [2.05, 4.69) is 26.5 Å². The fourth-order valence-electron chi connectivity index (χ4n) is 2.01. The maximum absolute atomic E-state index is 5.57. The van der Waals surface area contributed by atoms with Crippen molar-refractivity contribution >= 4 is 0 Å². The molecule has 102 valence electrons. The van der Waals surface area contributed by atoms with E-state index in [0.717, 1.165) is 19.6 Å². The molecule has 0 aromatic heterocycles. The van der Waals surface area contributed by atoms with Crippen molar-refractivity contribution in [2.24, 2.45) is 5.92 Å². The molecule has 0 bridgehead atoms. The Hall–Kier alpha value is -0.300. The lowest BCUT2D eigenvalue weighted by atomic mass is 10.0. The summed E-state index contributed by atoms with van der Waals surface area (Å²) in [5.41, 5.74) is 0. The van der Waals surface area contributed by atoms with Crippen molar-refractivity contribution in [3.8, 4) is 0 Å². The van der Waals surface area contributed by atoms with Gasteiger partial charge in [0, 0.05) is 6.61 Å². The molecule has 1 atom stereocenters. The summed E-state index contributed by atoms with van der Waals surface area (Å²) in [5, 5.41) is 0. The highest BCUT2D eigenvalue weighted by Crippen LogP contribution is 2.14. The first-order valence-electron chi connectivity index (χ1n) is 7.55. The van der Waals surface area contributed by atoms with E-state index >= 15 is 0 Å². The van der Waals surface area contributed by atoms with Crippen LogP contribution >= 0.6 is 0 Å². The van der Waals surface area contributed by atoms with Crippen molar-refractivity contribution in [2.75, 3.05) is 13.2 Å². The smallest absolute Gasteiger partial charge is 0.0528 e. The molecular weight excluding hydrogens is 208 g/mol. The van der Waals surface area contributed by atoms with E-state index in [0.29, 0.717) is 5.92 Å². The van der Waals surface area contributed by atoms with Gasteiger partial charge in [0.2, 0.25) is 0 Å². The molecule has 0 aliphatic heterocycles. The van der Waals surface area contributed by atoms with Crippen LogP contribution in [-0.2, 0) is 4.74 Å². The molecule has 0 rings (SSSR count). The second kappa shape index (κ2) is 13.8. The molecule has 1 unspecified atom stereocenters. The summed E-state index contributed by atoms with van der Waals surface area (Å²) < 4.78 is 5.57. The van der Waals surface area contributed by atoms with Gasteiger partial charge in [-0.15, -0.1) is 6.58 Å². The number of ether oxygens (including phenoxy) is 1. The SMILES string of the molecule is C=CC(CCCCCCCCC)COCCC. The van der Waals surface area contributed by atoms with Crippen LogP contribution in [-0.4, -0.2) is 13.2 Å². The minimum Gasteiger partial charge on any atom is -0.381 e. The first-order chi connectivity index (χ1) is 8.35. The van der Waals surface area contributed by atoms with E-state index in [9.17, 15) is 0 Å². The quantitative estimate of drug-likeness (QED) is 0.311. The molecule has 0 heterocycles. The van der Waals surface area contributed by atoms with E-state index < -0.39 is 0 Å². The molecule has 0 saturated heterocycles. The second-order valence-corrected chi connectivity index (χ2v) is 4.98. The molecular formula is C16H32O. The Labute approximate surface area is 109 Å². The molecule has 17 heavy (non-hydrogen) atoms. The van der Waals surface area contributed by atoms with E-state index in [1.165, 1.54) is 51.4 Å². The van der Waals surface area contributed by atoms with Crippen LogP contribution in [0.3, 0.4) is 0 Å². The summed E-state index contributed by atoms with van der Waals surface area (Å²) in [5.74, 6) is 0.567. The van der Waals surface area contributed by atoms with Gasteiger partial charge >= 0.3 is 0 Å². The molecule has 1 heteroatoms. The third-order valence-electron chi connectivity index (χ3n) is 3.19. The van der Waals surface area contributed by atoms with E-state index in [-0.39, 0.29) is 0 Å². The lowest BCUT2D eigenvalue weighted by molar-refractivity contribution is 0.110. The standard InChI is InChI=1S/C16H32O/c1-4-7-8-9-10-11-12-13-16(6-3)15-17-14-5-2/h6,16H,3-5,7-15H2,1-2H3. The molecule has 0 fully saturated rings. The number of hydrogen-bond donors (Lipinski definition) is 0. The van der Waals surface area contributed by atoms with Crippen molar-refractivity contribution in [1.82, 2.24) is 0 Å². The maximum atomic E-state index is 5.57. The van der Waals surface area contributed by atoms with E-state index in [4.69, 9.17) is 4.74 Å². The van der Waals surface area contributed by atoms with Gasteiger partial charge in [-0.2, -0.15) is 0 Å². The monoisotopic (exact) mass is 240 g/mol. The van der Waals surface area contributed by atoms with Gasteiger partial charge in [-0.3, -0.25) is 0 Å². The molecule has 0 saturated carbocycles. The van der Waals surface area contributed by atoms with Crippen LogP contribution in [0.5, 0.6) is 0 Å². The molecule has 0 aromatic rings. The summed E-state index contributed by atoms with van der Waals surface area (Å²) in [6.07, 6.45) is 14.1. The van der Waals surface area contributed by atoms with Crippen molar-refractivity contribution in [1.29, 1.82) is 0 Å². The largest absolute Gasteiger partial charge is 0.381 e. The van der Waals surface area contributed by atoms with Crippen molar-refractivity contribution < 1.29 is 4.74 Å². The average Bonchev–Trinajstić information content (AvgIpc) is 2.35. The van der Waals surface area contributed by atoms with Gasteiger partial charge in [-0.1, -0.05) is 64.9 Å². The Morgan fingerprint density at radius 2 is 1.59 bits per heavy atom. The predicted octanol–water partition coefficient (Wildman–Crippen LogP) is 5.36. The first kappa shape index (κ1) is 16.7. The van der Waals surface area contributed by atoms with Gasteiger partial charge in [-0.25, -0.2) is 0 Å². The molecule has 0 amide bonds. The Morgan fingerprint density at radius 1 is 0.941 bits per heavy atom. The van der Waals surface area contributed by atoms with Crippen LogP contribution in [0.25, 0.3) is 0 Å². The van der Waals surface area contributed by atoms with Crippen molar-refractivity contribution in [2.45, 2.75) is 71.6 Å². The number of hydrogen-bond acceptors (Lipinski definition) is 1. The fourth-order valence-corrected chi connectivity index (χ4v) is 2.01. The number of rotatable bonds is 13. The topological polar surface area (TPSA) is 9.23 Å². The van der Waals surface area contributed by atoms with Crippen molar-refractivity contribution in [3.05, 3.63) is 12.7 Å². The van der Waals surface area contributed by atoms with Crippen LogP contribution in [0.2, 0.25) is 0 Å². The van der Waals surface area contributed by atoms with Crippen LogP contribution in [0.15, 0.2) is 12.7 Å². The molecule has 0 spiro atoms. The Bertz CT molecular complexity index is 154. The highest BCUT2D eigenvalue weighted by atomic mass is 16.5. The highest BCUT2D eigenvalue weighted by Gasteiger charge is 2.03. The normalized spacial score (nSPS) is 12.6. The minimum atomic E-state index is 0.567. The summed E-state index contributed by atoms with van der Waals surface area (Å²) >= 11 is 0. The summed E-state index contributed by atoms with van der Waals surface area (Å²) in [4.78, 5) is 0. The zero-order valence-electron chi connectivity index (χ0n) is 12.0. The van der Waals surface area contributed by atoms with Crippen LogP contribution < -0.4 is 0 Å². The third-order valence-corrected chi connectivity index (χ3v) is 3.19.